The number of carbonyl (C=O) groups excluding carboxylic acids is 4. The molecule has 13 heteroatoms. The van der Waals surface area contributed by atoms with E-state index >= 15 is 0 Å². The van der Waals surface area contributed by atoms with Crippen LogP contribution < -0.4 is 4.90 Å². The summed E-state index contributed by atoms with van der Waals surface area (Å²) >= 11 is 15.8. The number of pyridine rings is 1. The number of aromatic nitrogens is 1. The molecule has 2 heterocycles. The molecule has 1 saturated heterocycles. The van der Waals surface area contributed by atoms with Crippen LogP contribution in [0.3, 0.4) is 0 Å². The van der Waals surface area contributed by atoms with Crippen LogP contribution in [0.1, 0.15) is 52.0 Å². The zero-order valence-corrected chi connectivity index (χ0v) is 27.3. The summed E-state index contributed by atoms with van der Waals surface area (Å²) in [6.07, 6.45) is 3.30. The normalized spacial score (nSPS) is 17.7. The molecule has 2 unspecified atom stereocenters. The monoisotopic (exact) mass is 723 g/mol. The van der Waals surface area contributed by atoms with Gasteiger partial charge in [-0.25, -0.2) is 9.78 Å². The minimum Gasteiger partial charge on any atom is -0.454 e. The van der Waals surface area contributed by atoms with E-state index in [0.717, 1.165) is 18.9 Å². The lowest BCUT2D eigenvalue weighted by atomic mass is 9.81. The molecular formula is C33H24BrCl2N3O7. The second kappa shape index (κ2) is 12.5. The van der Waals surface area contributed by atoms with Crippen LogP contribution in [-0.4, -0.2) is 40.1 Å². The van der Waals surface area contributed by atoms with Crippen LogP contribution >= 0.6 is 39.1 Å². The maximum Gasteiger partial charge on any atom is 0.339 e. The highest BCUT2D eigenvalue weighted by molar-refractivity contribution is 9.10. The Kier molecular flexibility index (Phi) is 8.66. The summed E-state index contributed by atoms with van der Waals surface area (Å²) in [6, 6.07) is 13.5. The fraction of sp³-hybridized carbons (Fsp3) is 0.242. The van der Waals surface area contributed by atoms with Crippen molar-refractivity contribution in [1.82, 2.24) is 4.98 Å². The summed E-state index contributed by atoms with van der Waals surface area (Å²) < 4.78 is 5.92. The van der Waals surface area contributed by atoms with E-state index in [2.05, 4.69) is 15.9 Å². The number of nitrogens with zero attached hydrogens (tertiary/aromatic N) is 3. The number of Topliss-reactive ketones (excluding diaryl/α,β-unsaturated/α-hetero) is 1. The van der Waals surface area contributed by atoms with Crippen LogP contribution in [0.2, 0.25) is 10.0 Å². The van der Waals surface area contributed by atoms with E-state index in [1.807, 2.05) is 0 Å². The first-order chi connectivity index (χ1) is 22.0. The predicted octanol–water partition coefficient (Wildman–Crippen LogP) is 7.91. The number of anilines is 1. The lowest BCUT2D eigenvalue weighted by Gasteiger charge is -2.19. The number of nitro groups is 1. The summed E-state index contributed by atoms with van der Waals surface area (Å²) in [6.45, 7) is 1.07. The van der Waals surface area contributed by atoms with Gasteiger partial charge in [0.2, 0.25) is 17.6 Å². The van der Waals surface area contributed by atoms with Crippen LogP contribution in [0.5, 0.6) is 0 Å². The van der Waals surface area contributed by atoms with Crippen molar-refractivity contribution in [2.75, 3.05) is 11.5 Å². The topological polar surface area (TPSA) is 137 Å². The summed E-state index contributed by atoms with van der Waals surface area (Å²) in [7, 11) is 0. The number of amides is 2. The maximum absolute atomic E-state index is 13.5. The van der Waals surface area contributed by atoms with Crippen LogP contribution in [0.15, 0.2) is 59.1 Å². The Labute approximate surface area is 280 Å². The third-order valence-electron chi connectivity index (χ3n) is 8.51. The number of ketones is 1. The van der Waals surface area contributed by atoms with Crippen LogP contribution in [-0.2, 0) is 14.3 Å². The van der Waals surface area contributed by atoms with Gasteiger partial charge in [-0.3, -0.25) is 29.4 Å². The van der Waals surface area contributed by atoms with E-state index in [-0.39, 0.29) is 39.8 Å². The highest BCUT2D eigenvalue weighted by atomic mass is 79.9. The van der Waals surface area contributed by atoms with Crippen LogP contribution in [0, 0.1) is 28.9 Å². The molecule has 1 aliphatic carbocycles. The van der Waals surface area contributed by atoms with Gasteiger partial charge in [-0.05, 0) is 77.7 Å². The molecule has 1 aromatic heterocycles. The van der Waals surface area contributed by atoms with E-state index in [0.29, 0.717) is 55.7 Å². The molecule has 1 aliphatic heterocycles. The first-order valence-electron chi connectivity index (χ1n) is 14.4. The third kappa shape index (κ3) is 5.67. The van der Waals surface area contributed by atoms with Gasteiger partial charge in [-0.2, -0.15) is 0 Å². The Bertz CT molecular complexity index is 1960. The number of hydrogen-bond donors (Lipinski definition) is 0. The number of imide groups is 1. The van der Waals surface area contributed by atoms with Crippen LogP contribution in [0.4, 0.5) is 11.4 Å². The minimum atomic E-state index is -0.827. The molecule has 10 nitrogen and oxygen atoms in total. The Morgan fingerprint density at radius 3 is 2.30 bits per heavy atom. The van der Waals surface area contributed by atoms with Crippen molar-refractivity contribution in [3.8, 4) is 11.3 Å². The van der Waals surface area contributed by atoms with Crippen molar-refractivity contribution in [3.63, 3.8) is 0 Å². The number of benzene rings is 3. The van der Waals surface area contributed by atoms with E-state index in [9.17, 15) is 29.3 Å². The molecule has 0 radical (unpaired) electrons. The minimum absolute atomic E-state index is 0.0381. The first-order valence-corrected chi connectivity index (χ1v) is 15.9. The van der Waals surface area contributed by atoms with Gasteiger partial charge in [0, 0.05) is 27.1 Å². The SMILES string of the molecule is Cc1c(Cl)c(Br)cc2c(C(=O)OCC(=O)c3ccc(Cl)c([N+](=O)[O-])c3)cc(-c3ccc(N4C(=O)C5CCCCC5C4=O)cc3)nc12. The van der Waals surface area contributed by atoms with E-state index in [4.69, 9.17) is 32.9 Å². The van der Waals surface area contributed by atoms with Gasteiger partial charge in [0.1, 0.15) is 5.02 Å². The standard InChI is InChI=1S/C33H24BrCl2N3O7/c1-16-29(36)24(34)13-22-23(33(43)46-15-28(40)18-8-11-25(35)27(12-18)39(44)45)14-26(37-30(16)22)17-6-9-19(10-7-17)38-31(41)20-4-2-3-5-21(20)32(38)42/h6-14,20-21H,2-5,15H2,1H3. The second-order valence-electron chi connectivity index (χ2n) is 11.2. The van der Waals surface area contributed by atoms with Crippen molar-refractivity contribution in [1.29, 1.82) is 0 Å². The Hall–Kier alpha value is -4.19. The Morgan fingerprint density at radius 2 is 1.67 bits per heavy atom. The summed E-state index contributed by atoms with van der Waals surface area (Å²) in [5.41, 5.74) is 2.10. The number of fused-ring (bicyclic) bond motifs is 2. The molecule has 0 spiro atoms. The lowest BCUT2D eigenvalue weighted by molar-refractivity contribution is -0.384. The molecule has 6 rings (SSSR count). The molecular weight excluding hydrogens is 701 g/mol. The summed E-state index contributed by atoms with van der Waals surface area (Å²) in [5.74, 6) is -2.37. The quantitative estimate of drug-likeness (QED) is 0.0617. The smallest absolute Gasteiger partial charge is 0.339 e. The van der Waals surface area contributed by atoms with Crippen molar-refractivity contribution in [3.05, 3.63) is 95.9 Å². The van der Waals surface area contributed by atoms with Crippen LogP contribution in [0.25, 0.3) is 22.2 Å². The number of nitro benzene ring substituents is 1. The average Bonchev–Trinajstić information content (AvgIpc) is 3.31. The van der Waals surface area contributed by atoms with Crippen molar-refractivity contribution >= 4 is 85.0 Å². The van der Waals surface area contributed by atoms with Crippen molar-refractivity contribution in [2.24, 2.45) is 11.8 Å². The largest absolute Gasteiger partial charge is 0.454 e. The molecule has 2 atom stereocenters. The third-order valence-corrected chi connectivity index (χ3v) is 10.2. The fourth-order valence-electron chi connectivity index (χ4n) is 6.09. The molecule has 0 bridgehead atoms. The molecule has 0 N–H and O–H groups in total. The molecule has 234 valence electrons. The second-order valence-corrected chi connectivity index (χ2v) is 12.9. The Morgan fingerprint density at radius 1 is 1.02 bits per heavy atom. The van der Waals surface area contributed by atoms with Gasteiger partial charge in [0.15, 0.2) is 6.61 Å². The number of ether oxygens (including phenoxy) is 1. The number of halogens is 3. The lowest BCUT2D eigenvalue weighted by Crippen LogP contribution is -2.30. The molecule has 2 fully saturated rings. The van der Waals surface area contributed by atoms with E-state index < -0.39 is 29.0 Å². The van der Waals surface area contributed by atoms with Gasteiger partial charge >= 0.3 is 5.97 Å². The molecule has 46 heavy (non-hydrogen) atoms. The summed E-state index contributed by atoms with van der Waals surface area (Å²) in [5, 5.41) is 11.9. The first kappa shape index (κ1) is 31.8. The number of rotatable bonds is 7. The summed E-state index contributed by atoms with van der Waals surface area (Å²) in [4.78, 5) is 69.1. The molecule has 2 amide bonds. The zero-order valence-electron chi connectivity index (χ0n) is 24.2. The van der Waals surface area contributed by atoms with Crippen molar-refractivity contribution in [2.45, 2.75) is 32.6 Å². The molecule has 1 saturated carbocycles. The zero-order chi connectivity index (χ0) is 32.9. The molecule has 4 aromatic rings. The molecule has 3 aromatic carbocycles. The van der Waals surface area contributed by atoms with Gasteiger partial charge in [0.25, 0.3) is 5.69 Å². The van der Waals surface area contributed by atoms with E-state index in [1.54, 1.807) is 37.3 Å². The number of hydrogen-bond acceptors (Lipinski definition) is 8. The van der Waals surface area contributed by atoms with Gasteiger partial charge in [0.05, 0.1) is 44.2 Å². The number of esters is 1. The Balaban J connectivity index is 1.32. The number of carbonyl (C=O) groups is 4. The van der Waals surface area contributed by atoms with Crippen molar-refractivity contribution < 1.29 is 28.8 Å². The van der Waals surface area contributed by atoms with Gasteiger partial charge in [-0.15, -0.1) is 0 Å². The predicted molar refractivity (Wildman–Crippen MR) is 175 cm³/mol. The highest BCUT2D eigenvalue weighted by Gasteiger charge is 2.48. The van der Waals surface area contributed by atoms with Gasteiger partial charge in [-0.1, -0.05) is 48.2 Å². The van der Waals surface area contributed by atoms with E-state index in [1.165, 1.54) is 23.1 Å². The van der Waals surface area contributed by atoms with Gasteiger partial charge < -0.3 is 4.74 Å². The number of aryl methyl sites for hydroxylation is 1. The maximum atomic E-state index is 13.5. The molecule has 2 aliphatic rings. The fourth-order valence-corrected chi connectivity index (χ4v) is 6.95. The highest BCUT2D eigenvalue weighted by Crippen LogP contribution is 2.41. The average molecular weight is 725 g/mol.